The monoisotopic (exact) mass is 457 g/mol. The minimum Gasteiger partial charge on any atom is -0.263 e. The van der Waals surface area contributed by atoms with Gasteiger partial charge in [0.1, 0.15) is 0 Å². The molecule has 1 aromatic heterocycles. The van der Waals surface area contributed by atoms with Crippen molar-refractivity contribution in [1.29, 1.82) is 0 Å². The summed E-state index contributed by atoms with van der Waals surface area (Å²) >= 11 is 0. The van der Waals surface area contributed by atoms with Crippen LogP contribution in [0.4, 0.5) is 0 Å². The van der Waals surface area contributed by atoms with Gasteiger partial charge in [-0.25, -0.2) is 0 Å². The summed E-state index contributed by atoms with van der Waals surface area (Å²) in [4.78, 5) is 4.70. The summed E-state index contributed by atoms with van der Waals surface area (Å²) < 4.78 is 0. The fourth-order valence-corrected chi connectivity index (χ4v) is 5.44. The zero-order chi connectivity index (χ0) is 23.9. The van der Waals surface area contributed by atoms with E-state index in [4.69, 9.17) is 4.98 Å². The van der Waals surface area contributed by atoms with Gasteiger partial charge in [-0.1, -0.05) is 115 Å². The Balaban J connectivity index is 1.45. The molecule has 0 unspecified atom stereocenters. The second kappa shape index (κ2) is 8.48. The van der Waals surface area contributed by atoms with E-state index in [1.807, 2.05) is 12.4 Å². The van der Waals surface area contributed by atoms with Crippen LogP contribution in [0.25, 0.3) is 65.7 Å². The maximum Gasteiger partial charge on any atom is 0.0353 e. The molecule has 6 aromatic carbocycles. The first-order valence-electron chi connectivity index (χ1n) is 12.3. The van der Waals surface area contributed by atoms with E-state index >= 15 is 0 Å². The molecule has 0 spiro atoms. The van der Waals surface area contributed by atoms with Gasteiger partial charge in [-0.15, -0.1) is 0 Å². The van der Waals surface area contributed by atoms with E-state index in [0.717, 1.165) is 5.56 Å². The van der Waals surface area contributed by atoms with E-state index in [-0.39, 0.29) is 0 Å². The number of benzene rings is 6. The van der Waals surface area contributed by atoms with Crippen molar-refractivity contribution in [2.24, 2.45) is 0 Å². The van der Waals surface area contributed by atoms with Crippen LogP contribution in [-0.4, -0.2) is 4.98 Å². The highest BCUT2D eigenvalue weighted by Crippen LogP contribution is 2.40. The molecular formula is C35H23N. The van der Waals surface area contributed by atoms with Crippen LogP contribution in [0.1, 0.15) is 0 Å². The number of pyridine rings is 1. The fraction of sp³-hybridized carbons (Fsp3) is 0. The van der Waals surface area contributed by atoms with Crippen molar-refractivity contribution < 1.29 is 0 Å². The number of fused-ring (bicyclic) bond motifs is 6. The summed E-state index contributed by atoms with van der Waals surface area (Å²) in [6, 6.07) is 45.6. The van der Waals surface area contributed by atoms with Crippen molar-refractivity contribution in [1.82, 2.24) is 4.98 Å². The zero-order valence-corrected chi connectivity index (χ0v) is 19.7. The number of rotatable bonds is 3. The maximum absolute atomic E-state index is 4.70. The predicted octanol–water partition coefficient (Wildman–Crippen LogP) is 9.54. The van der Waals surface area contributed by atoms with Crippen molar-refractivity contribution in [3.8, 4) is 33.4 Å². The maximum atomic E-state index is 4.70. The quantitative estimate of drug-likeness (QED) is 0.241. The zero-order valence-electron chi connectivity index (χ0n) is 19.7. The lowest BCUT2D eigenvalue weighted by Crippen LogP contribution is -1.89. The summed E-state index contributed by atoms with van der Waals surface area (Å²) in [5.41, 5.74) is 7.20. The molecular weight excluding hydrogens is 434 g/mol. The second-order valence-corrected chi connectivity index (χ2v) is 9.23. The first-order chi connectivity index (χ1) is 17.9. The van der Waals surface area contributed by atoms with Crippen LogP contribution in [0, 0.1) is 0 Å². The Morgan fingerprint density at radius 1 is 0.333 bits per heavy atom. The van der Waals surface area contributed by atoms with Crippen molar-refractivity contribution in [2.45, 2.75) is 0 Å². The van der Waals surface area contributed by atoms with Crippen LogP contribution in [-0.2, 0) is 0 Å². The normalized spacial score (nSPS) is 11.3. The molecule has 0 N–H and O–H groups in total. The lowest BCUT2D eigenvalue weighted by atomic mass is 9.90. The van der Waals surface area contributed by atoms with E-state index in [2.05, 4.69) is 127 Å². The van der Waals surface area contributed by atoms with Gasteiger partial charge in [0.15, 0.2) is 0 Å². The van der Waals surface area contributed by atoms with Crippen LogP contribution in [0.5, 0.6) is 0 Å². The SMILES string of the molecule is c1ccc(-c2cccc(-c3cccc(-c4cncc5c6ccccc6c6ccccc6c45)c3)c2)cc1. The molecule has 0 fully saturated rings. The summed E-state index contributed by atoms with van der Waals surface area (Å²) in [7, 11) is 0. The molecule has 1 heterocycles. The first kappa shape index (κ1) is 20.6. The first-order valence-corrected chi connectivity index (χ1v) is 12.3. The second-order valence-electron chi connectivity index (χ2n) is 9.23. The van der Waals surface area contributed by atoms with Crippen LogP contribution in [0.15, 0.2) is 140 Å². The molecule has 0 aliphatic rings. The molecule has 36 heavy (non-hydrogen) atoms. The molecule has 0 atom stereocenters. The fourth-order valence-electron chi connectivity index (χ4n) is 5.44. The van der Waals surface area contributed by atoms with Gasteiger partial charge in [-0.2, -0.15) is 0 Å². The van der Waals surface area contributed by atoms with Gasteiger partial charge in [0.05, 0.1) is 0 Å². The third-order valence-corrected chi connectivity index (χ3v) is 7.13. The molecule has 7 aromatic rings. The van der Waals surface area contributed by atoms with Crippen molar-refractivity contribution >= 4 is 32.3 Å². The summed E-state index contributed by atoms with van der Waals surface area (Å²) in [6.45, 7) is 0. The molecule has 7 rings (SSSR count). The van der Waals surface area contributed by atoms with Crippen LogP contribution < -0.4 is 0 Å². The van der Waals surface area contributed by atoms with E-state index in [1.54, 1.807) is 0 Å². The Bertz CT molecular complexity index is 1840. The standard InChI is InChI=1S/C35H23N/c1-2-10-24(11-3-1)25-12-8-13-26(20-25)27-14-9-15-28(21-27)33-22-36-23-34-31-18-5-4-16-29(31)30-17-6-7-19-32(30)35(33)34/h1-23H. The molecule has 0 amide bonds. The van der Waals surface area contributed by atoms with E-state index in [9.17, 15) is 0 Å². The predicted molar refractivity (Wildman–Crippen MR) is 153 cm³/mol. The van der Waals surface area contributed by atoms with Crippen LogP contribution in [0.2, 0.25) is 0 Å². The highest BCUT2D eigenvalue weighted by molar-refractivity contribution is 6.28. The molecule has 0 aliphatic carbocycles. The lowest BCUT2D eigenvalue weighted by Gasteiger charge is -2.14. The van der Waals surface area contributed by atoms with Gasteiger partial charge in [0.2, 0.25) is 0 Å². The number of hydrogen-bond acceptors (Lipinski definition) is 1. The number of nitrogens with zero attached hydrogens (tertiary/aromatic N) is 1. The van der Waals surface area contributed by atoms with Crippen LogP contribution >= 0.6 is 0 Å². The smallest absolute Gasteiger partial charge is 0.0353 e. The highest BCUT2D eigenvalue weighted by Gasteiger charge is 2.13. The molecule has 0 saturated carbocycles. The highest BCUT2D eigenvalue weighted by atomic mass is 14.6. The largest absolute Gasteiger partial charge is 0.263 e. The summed E-state index contributed by atoms with van der Waals surface area (Å²) in [5, 5.41) is 7.51. The Morgan fingerprint density at radius 2 is 0.806 bits per heavy atom. The average molecular weight is 458 g/mol. The Labute approximate surface area is 210 Å². The molecule has 1 heteroatoms. The summed E-state index contributed by atoms with van der Waals surface area (Å²) in [5.74, 6) is 0. The Kier molecular flexibility index (Phi) is 4.85. The third-order valence-electron chi connectivity index (χ3n) is 7.13. The van der Waals surface area contributed by atoms with Crippen molar-refractivity contribution in [3.63, 3.8) is 0 Å². The topological polar surface area (TPSA) is 12.9 Å². The van der Waals surface area contributed by atoms with Crippen LogP contribution in [0.3, 0.4) is 0 Å². The lowest BCUT2D eigenvalue weighted by molar-refractivity contribution is 1.37. The molecule has 168 valence electrons. The van der Waals surface area contributed by atoms with Crippen molar-refractivity contribution in [3.05, 3.63) is 140 Å². The van der Waals surface area contributed by atoms with Gasteiger partial charge < -0.3 is 0 Å². The van der Waals surface area contributed by atoms with Gasteiger partial charge in [-0.05, 0) is 61.5 Å². The van der Waals surface area contributed by atoms with Gasteiger partial charge in [0.25, 0.3) is 0 Å². The minimum atomic E-state index is 1.16. The number of hydrogen-bond donors (Lipinski definition) is 0. The molecule has 0 radical (unpaired) electrons. The summed E-state index contributed by atoms with van der Waals surface area (Å²) in [6.07, 6.45) is 4.03. The van der Waals surface area contributed by atoms with Gasteiger partial charge >= 0.3 is 0 Å². The van der Waals surface area contributed by atoms with Gasteiger partial charge in [0, 0.05) is 28.7 Å². The van der Waals surface area contributed by atoms with E-state index < -0.39 is 0 Å². The third kappa shape index (κ3) is 3.37. The number of aromatic nitrogens is 1. The Morgan fingerprint density at radius 3 is 1.50 bits per heavy atom. The molecule has 1 nitrogen and oxygen atoms in total. The van der Waals surface area contributed by atoms with E-state index in [1.165, 1.54) is 60.1 Å². The molecule has 0 bridgehead atoms. The average Bonchev–Trinajstić information content (AvgIpc) is 2.97. The van der Waals surface area contributed by atoms with Crippen molar-refractivity contribution in [2.75, 3.05) is 0 Å². The minimum absolute atomic E-state index is 1.16. The molecule has 0 saturated heterocycles. The van der Waals surface area contributed by atoms with E-state index in [0.29, 0.717) is 0 Å². The van der Waals surface area contributed by atoms with Gasteiger partial charge in [-0.3, -0.25) is 4.98 Å². The molecule has 0 aliphatic heterocycles. The Hall–Kier alpha value is -4.75.